The first-order valence-electron chi connectivity index (χ1n) is 9.75. The Morgan fingerprint density at radius 3 is 2.79 bits per heavy atom. The number of ether oxygens (including phenoxy) is 1. The van der Waals surface area contributed by atoms with Crippen LogP contribution >= 0.6 is 27.7 Å². The van der Waals surface area contributed by atoms with Crippen LogP contribution in [0.4, 0.5) is 5.69 Å². The quantitative estimate of drug-likeness (QED) is 0.341. The van der Waals surface area contributed by atoms with E-state index in [4.69, 9.17) is 9.72 Å². The van der Waals surface area contributed by atoms with Crippen molar-refractivity contribution < 1.29 is 4.74 Å². The summed E-state index contributed by atoms with van der Waals surface area (Å²) in [7, 11) is 0. The largest absolute Gasteiger partial charge is 0.448 e. The van der Waals surface area contributed by atoms with Gasteiger partial charge in [-0.25, -0.2) is 0 Å². The Kier molecular flexibility index (Phi) is 6.61. The summed E-state index contributed by atoms with van der Waals surface area (Å²) >= 11 is 5.18. The van der Waals surface area contributed by atoms with Gasteiger partial charge in [-0.1, -0.05) is 53.9 Å². The molecule has 150 valence electrons. The zero-order valence-electron chi connectivity index (χ0n) is 16.1. The van der Waals surface area contributed by atoms with Gasteiger partial charge in [0.2, 0.25) is 11.0 Å². The number of hydrogen-bond acceptors (Lipinski definition) is 7. The molecule has 1 aromatic carbocycles. The van der Waals surface area contributed by atoms with E-state index in [0.29, 0.717) is 16.7 Å². The fourth-order valence-corrected chi connectivity index (χ4v) is 4.25. The van der Waals surface area contributed by atoms with Gasteiger partial charge in [-0.2, -0.15) is 4.98 Å². The molecule has 1 N–H and O–H groups in total. The van der Waals surface area contributed by atoms with Crippen LogP contribution in [0.25, 0.3) is 11.3 Å². The Balaban J connectivity index is 1.65. The monoisotopic (exact) mass is 471 g/mol. The second-order valence-electron chi connectivity index (χ2n) is 6.77. The number of halogens is 1. The number of nitrogens with one attached hydrogen (secondary N) is 1. The molecule has 0 spiro atoms. The van der Waals surface area contributed by atoms with E-state index in [0.717, 1.165) is 33.5 Å². The molecule has 29 heavy (non-hydrogen) atoms. The van der Waals surface area contributed by atoms with E-state index < -0.39 is 6.23 Å². The van der Waals surface area contributed by atoms with Gasteiger partial charge in [0, 0.05) is 39.4 Å². The molecule has 0 bridgehead atoms. The molecule has 0 radical (unpaired) electrons. The zero-order valence-corrected chi connectivity index (χ0v) is 18.5. The third-order valence-electron chi connectivity index (χ3n) is 4.63. The Morgan fingerprint density at radius 2 is 1.97 bits per heavy atom. The molecular weight excluding hydrogens is 450 g/mol. The fraction of sp³-hybridized carbons (Fsp3) is 0.333. The first-order valence-corrected chi connectivity index (χ1v) is 11.5. The van der Waals surface area contributed by atoms with Gasteiger partial charge >= 0.3 is 0 Å². The topological polar surface area (TPSA) is 72.8 Å². The van der Waals surface area contributed by atoms with Crippen LogP contribution in [-0.2, 0) is 0 Å². The summed E-state index contributed by atoms with van der Waals surface area (Å²) in [4.78, 5) is 8.79. The minimum atomic E-state index is -0.390. The van der Waals surface area contributed by atoms with Crippen LogP contribution in [0, 0.1) is 0 Å². The Bertz CT molecular complexity index is 973. The first-order chi connectivity index (χ1) is 14.2. The number of anilines is 1. The van der Waals surface area contributed by atoms with E-state index in [1.165, 1.54) is 19.3 Å². The third-order valence-corrected chi connectivity index (χ3v) is 6.04. The molecule has 0 unspecified atom stereocenters. The molecule has 1 aliphatic heterocycles. The van der Waals surface area contributed by atoms with Gasteiger partial charge in [0.15, 0.2) is 11.9 Å². The van der Waals surface area contributed by atoms with Crippen molar-refractivity contribution in [2.24, 2.45) is 0 Å². The van der Waals surface area contributed by atoms with E-state index in [2.05, 4.69) is 43.4 Å². The lowest BCUT2D eigenvalue weighted by Gasteiger charge is -2.19. The van der Waals surface area contributed by atoms with Crippen LogP contribution in [-0.4, -0.2) is 25.9 Å². The maximum Gasteiger partial charge on any atom is 0.247 e. The highest BCUT2D eigenvalue weighted by Crippen LogP contribution is 2.40. The molecule has 1 atom stereocenters. The number of unbranched alkanes of at least 4 members (excludes halogenated alkanes) is 3. The number of aromatic nitrogens is 4. The third kappa shape index (κ3) is 4.87. The van der Waals surface area contributed by atoms with Crippen molar-refractivity contribution in [3.8, 4) is 17.1 Å². The van der Waals surface area contributed by atoms with Crippen LogP contribution in [0.5, 0.6) is 5.88 Å². The maximum absolute atomic E-state index is 6.27. The summed E-state index contributed by atoms with van der Waals surface area (Å²) in [5.41, 5.74) is 3.44. The molecule has 3 heterocycles. The number of thioether (sulfide) groups is 1. The predicted molar refractivity (Wildman–Crippen MR) is 119 cm³/mol. The maximum atomic E-state index is 6.27. The zero-order chi connectivity index (χ0) is 20.1. The van der Waals surface area contributed by atoms with Gasteiger partial charge in [0.05, 0.1) is 0 Å². The lowest BCUT2D eigenvalue weighted by atomic mass is 10.1. The number of fused-ring (bicyclic) bond motifs is 3. The Hall–Kier alpha value is -2.19. The van der Waals surface area contributed by atoms with Crippen molar-refractivity contribution >= 4 is 33.4 Å². The van der Waals surface area contributed by atoms with Crippen LogP contribution in [0.1, 0.15) is 44.4 Å². The highest BCUT2D eigenvalue weighted by Gasteiger charge is 2.26. The summed E-state index contributed by atoms with van der Waals surface area (Å²) in [6.45, 7) is 2.22. The lowest BCUT2D eigenvalue weighted by molar-refractivity contribution is 0.225. The summed E-state index contributed by atoms with van der Waals surface area (Å²) < 4.78 is 7.23. The standard InChI is InChI=1S/C21H22BrN5OS/c1-2-3-4-5-12-29-21-25-20-18(26-27-21)16-13-15(22)6-7-17(16)24-19(28-20)14-8-10-23-11-9-14/h6-11,13,19,24H,2-5,12H2,1H3/t19-/m1/s1. The number of pyridine rings is 1. The smallest absolute Gasteiger partial charge is 0.247 e. The van der Waals surface area contributed by atoms with Gasteiger partial charge in [-0.3, -0.25) is 4.98 Å². The van der Waals surface area contributed by atoms with E-state index in [-0.39, 0.29) is 0 Å². The molecule has 3 aromatic rings. The lowest BCUT2D eigenvalue weighted by Crippen LogP contribution is -2.17. The summed E-state index contributed by atoms with van der Waals surface area (Å²) in [6, 6.07) is 9.86. The van der Waals surface area contributed by atoms with Crippen LogP contribution < -0.4 is 10.1 Å². The van der Waals surface area contributed by atoms with Gasteiger partial charge in [0.25, 0.3) is 0 Å². The number of nitrogens with zero attached hydrogens (tertiary/aromatic N) is 4. The van der Waals surface area contributed by atoms with E-state index in [1.807, 2.05) is 30.3 Å². The molecule has 8 heteroatoms. The van der Waals surface area contributed by atoms with E-state index >= 15 is 0 Å². The average molecular weight is 472 g/mol. The van der Waals surface area contributed by atoms with Crippen LogP contribution in [0.15, 0.2) is 52.4 Å². The molecule has 0 saturated carbocycles. The molecule has 2 aromatic heterocycles. The fourth-order valence-electron chi connectivity index (χ4n) is 3.11. The van der Waals surface area contributed by atoms with Crippen molar-refractivity contribution in [2.75, 3.05) is 11.1 Å². The van der Waals surface area contributed by atoms with Gasteiger partial charge in [-0.05, 0) is 36.8 Å². The second-order valence-corrected chi connectivity index (χ2v) is 8.75. The minimum Gasteiger partial charge on any atom is -0.448 e. The second kappa shape index (κ2) is 9.54. The summed E-state index contributed by atoms with van der Waals surface area (Å²) in [6.07, 6.45) is 7.99. The van der Waals surface area contributed by atoms with E-state index in [9.17, 15) is 0 Å². The summed E-state index contributed by atoms with van der Waals surface area (Å²) in [5, 5.41) is 12.9. The van der Waals surface area contributed by atoms with Crippen LogP contribution in [0.3, 0.4) is 0 Å². The summed E-state index contributed by atoms with van der Waals surface area (Å²) in [5.74, 6) is 1.47. The normalized spacial score (nSPS) is 14.9. The van der Waals surface area contributed by atoms with Crippen molar-refractivity contribution in [3.63, 3.8) is 0 Å². The molecule has 4 rings (SSSR count). The van der Waals surface area contributed by atoms with Crippen molar-refractivity contribution in [3.05, 3.63) is 52.8 Å². The molecular formula is C21H22BrN5OS. The highest BCUT2D eigenvalue weighted by molar-refractivity contribution is 9.10. The van der Waals surface area contributed by atoms with Gasteiger partial charge in [-0.15, -0.1) is 10.2 Å². The molecule has 6 nitrogen and oxygen atoms in total. The van der Waals surface area contributed by atoms with Crippen molar-refractivity contribution in [1.29, 1.82) is 0 Å². The molecule has 0 fully saturated rings. The Morgan fingerprint density at radius 1 is 1.10 bits per heavy atom. The van der Waals surface area contributed by atoms with Gasteiger partial charge in [0.1, 0.15) is 0 Å². The highest BCUT2D eigenvalue weighted by atomic mass is 79.9. The van der Waals surface area contributed by atoms with Crippen LogP contribution in [0.2, 0.25) is 0 Å². The first kappa shape index (κ1) is 20.1. The predicted octanol–water partition coefficient (Wildman–Crippen LogP) is 5.87. The molecule has 1 aliphatic rings. The minimum absolute atomic E-state index is 0.390. The average Bonchev–Trinajstić information content (AvgIpc) is 2.90. The molecule has 0 aliphatic carbocycles. The Labute approximate surface area is 183 Å². The number of hydrogen-bond donors (Lipinski definition) is 1. The number of rotatable bonds is 7. The molecule has 0 amide bonds. The number of benzene rings is 1. The van der Waals surface area contributed by atoms with E-state index in [1.54, 1.807) is 24.2 Å². The SMILES string of the molecule is CCCCCCSc1nnc2c(n1)O[C@H](c1ccncc1)Nc1ccc(Br)cc1-2. The van der Waals surface area contributed by atoms with Gasteiger partial charge < -0.3 is 10.1 Å². The van der Waals surface area contributed by atoms with Crippen molar-refractivity contribution in [1.82, 2.24) is 20.2 Å². The molecule has 0 saturated heterocycles. The van der Waals surface area contributed by atoms with Crippen molar-refractivity contribution in [2.45, 2.75) is 44.0 Å².